The lowest BCUT2D eigenvalue weighted by Crippen LogP contribution is -2.18. The van der Waals surface area contributed by atoms with E-state index in [0.29, 0.717) is 27.2 Å². The molecule has 0 saturated carbocycles. The highest BCUT2D eigenvalue weighted by molar-refractivity contribution is 14.1. The fourth-order valence-corrected chi connectivity index (χ4v) is 3.09. The first-order valence-electron chi connectivity index (χ1n) is 6.98. The van der Waals surface area contributed by atoms with Crippen LogP contribution in [0, 0.1) is 3.70 Å². The molecule has 25 heavy (non-hydrogen) atoms. The molecular formula is C14H13F3IN5OS. The van der Waals surface area contributed by atoms with Crippen molar-refractivity contribution in [3.63, 3.8) is 0 Å². The summed E-state index contributed by atoms with van der Waals surface area (Å²) in [6, 6.07) is 2.53. The number of amides is 1. The molecule has 0 aliphatic heterocycles. The van der Waals surface area contributed by atoms with Gasteiger partial charge >= 0.3 is 6.18 Å². The van der Waals surface area contributed by atoms with Crippen LogP contribution in [-0.2, 0) is 6.18 Å². The first-order valence-corrected chi connectivity index (χ1v) is 9.05. The molecule has 1 amide bonds. The van der Waals surface area contributed by atoms with E-state index in [1.54, 1.807) is 20.0 Å². The van der Waals surface area contributed by atoms with Crippen LogP contribution in [0.3, 0.4) is 0 Å². The Morgan fingerprint density at radius 3 is 2.64 bits per heavy atom. The lowest BCUT2D eigenvalue weighted by atomic mass is 10.2. The summed E-state index contributed by atoms with van der Waals surface area (Å²) in [5.74, 6) is 0.218. The molecule has 2 aromatic rings. The smallest absolute Gasteiger partial charge is 0.370 e. The monoisotopic (exact) mass is 483 g/mol. The van der Waals surface area contributed by atoms with Crippen molar-refractivity contribution in [2.45, 2.75) is 18.0 Å². The average molecular weight is 483 g/mol. The molecule has 2 N–H and O–H groups in total. The van der Waals surface area contributed by atoms with Gasteiger partial charge < -0.3 is 10.6 Å². The van der Waals surface area contributed by atoms with Crippen LogP contribution >= 0.6 is 34.4 Å². The molecule has 134 valence electrons. The number of thioether (sulfide) groups is 1. The number of nitrogens with one attached hydrogen (secondary N) is 2. The largest absolute Gasteiger partial charge is 0.417 e. The number of aromatic nitrogens is 3. The molecule has 2 rings (SSSR count). The normalized spacial score (nSPS) is 11.3. The molecule has 2 heterocycles. The lowest BCUT2D eigenvalue weighted by Gasteiger charge is -2.13. The molecule has 0 aliphatic carbocycles. The Kier molecular flexibility index (Phi) is 6.43. The number of alkyl halides is 3. The van der Waals surface area contributed by atoms with Crippen molar-refractivity contribution in [1.29, 1.82) is 0 Å². The summed E-state index contributed by atoms with van der Waals surface area (Å²) in [5.41, 5.74) is -0.606. The maximum Gasteiger partial charge on any atom is 0.417 e. The predicted octanol–water partition coefficient (Wildman–Crippen LogP) is 3.90. The molecule has 0 radical (unpaired) electrons. The SMILES string of the molecule is CCSc1cc(C(F)(F)F)cnc1C(=O)Nc1cc(I)nnc1NC. The number of carbonyl (C=O) groups excluding carboxylic acids is 1. The van der Waals surface area contributed by atoms with Crippen molar-refractivity contribution in [3.8, 4) is 0 Å². The molecule has 0 saturated heterocycles. The first kappa shape index (κ1) is 19.7. The van der Waals surface area contributed by atoms with Gasteiger partial charge in [-0.1, -0.05) is 6.92 Å². The van der Waals surface area contributed by atoms with E-state index in [-0.39, 0.29) is 10.6 Å². The Labute approximate surface area is 159 Å². The standard InChI is InChI=1S/C14H13F3IN5OS/c1-3-25-9-4-7(14(15,16)17)6-20-11(9)13(24)21-8-5-10(18)22-23-12(8)19-2/h4-6H,3H2,1-2H3,(H,19,23)(H,21,22,24). The molecular weight excluding hydrogens is 470 g/mol. The van der Waals surface area contributed by atoms with Gasteiger partial charge in [-0.2, -0.15) is 13.2 Å². The molecule has 0 aromatic carbocycles. The highest BCUT2D eigenvalue weighted by Gasteiger charge is 2.32. The van der Waals surface area contributed by atoms with Crippen LogP contribution in [0.1, 0.15) is 23.0 Å². The molecule has 0 atom stereocenters. The third-order valence-electron chi connectivity index (χ3n) is 2.94. The summed E-state index contributed by atoms with van der Waals surface area (Å²) in [5, 5.41) is 13.1. The summed E-state index contributed by atoms with van der Waals surface area (Å²) in [6.45, 7) is 1.78. The summed E-state index contributed by atoms with van der Waals surface area (Å²) in [6.07, 6.45) is -3.86. The predicted molar refractivity (Wildman–Crippen MR) is 97.9 cm³/mol. The number of carbonyl (C=O) groups is 1. The Hall–Kier alpha value is -1.63. The summed E-state index contributed by atoms with van der Waals surface area (Å²) < 4.78 is 39.1. The van der Waals surface area contributed by atoms with E-state index < -0.39 is 17.6 Å². The zero-order valence-corrected chi connectivity index (χ0v) is 16.1. The van der Waals surface area contributed by atoms with Gasteiger partial charge in [-0.15, -0.1) is 22.0 Å². The fraction of sp³-hybridized carbons (Fsp3) is 0.286. The first-order chi connectivity index (χ1) is 11.8. The minimum Gasteiger partial charge on any atom is -0.370 e. The molecule has 11 heteroatoms. The third kappa shape index (κ3) is 4.93. The van der Waals surface area contributed by atoms with Gasteiger partial charge in [0.05, 0.1) is 11.3 Å². The van der Waals surface area contributed by atoms with Crippen molar-refractivity contribution < 1.29 is 18.0 Å². The van der Waals surface area contributed by atoms with Gasteiger partial charge in [0.15, 0.2) is 5.82 Å². The van der Waals surface area contributed by atoms with Crippen molar-refractivity contribution in [2.24, 2.45) is 0 Å². The van der Waals surface area contributed by atoms with Gasteiger partial charge in [0.1, 0.15) is 9.39 Å². The van der Waals surface area contributed by atoms with Gasteiger partial charge in [-0.3, -0.25) is 4.79 Å². The van der Waals surface area contributed by atoms with E-state index in [1.807, 2.05) is 22.6 Å². The van der Waals surface area contributed by atoms with Crippen molar-refractivity contribution >= 4 is 51.8 Å². The zero-order chi connectivity index (χ0) is 18.6. The number of anilines is 2. The van der Waals surface area contributed by atoms with E-state index in [9.17, 15) is 18.0 Å². The molecule has 0 aliphatic rings. The number of nitrogens with zero attached hydrogens (tertiary/aromatic N) is 3. The number of hydrogen-bond donors (Lipinski definition) is 2. The highest BCUT2D eigenvalue weighted by Crippen LogP contribution is 2.33. The minimum atomic E-state index is -4.52. The van der Waals surface area contributed by atoms with E-state index >= 15 is 0 Å². The van der Waals surface area contributed by atoms with E-state index in [4.69, 9.17) is 0 Å². The quantitative estimate of drug-likeness (QED) is 0.496. The van der Waals surface area contributed by atoms with Crippen LogP contribution in [0.5, 0.6) is 0 Å². The van der Waals surface area contributed by atoms with E-state index in [1.165, 1.54) is 0 Å². The number of rotatable bonds is 5. The molecule has 0 fully saturated rings. The van der Waals surface area contributed by atoms with Crippen molar-refractivity contribution in [2.75, 3.05) is 23.4 Å². The van der Waals surface area contributed by atoms with Crippen molar-refractivity contribution in [3.05, 3.63) is 33.3 Å². The molecule has 0 bridgehead atoms. The Morgan fingerprint density at radius 2 is 2.04 bits per heavy atom. The van der Waals surface area contributed by atoms with Crippen LogP contribution in [0.4, 0.5) is 24.7 Å². The second-order valence-electron chi connectivity index (χ2n) is 4.63. The minimum absolute atomic E-state index is 0.0753. The molecule has 2 aromatic heterocycles. The summed E-state index contributed by atoms with van der Waals surface area (Å²) in [4.78, 5) is 16.4. The number of hydrogen-bond acceptors (Lipinski definition) is 6. The molecule has 0 spiro atoms. The third-order valence-corrected chi connectivity index (χ3v) is 4.38. The average Bonchev–Trinajstić information content (AvgIpc) is 2.54. The Morgan fingerprint density at radius 1 is 1.32 bits per heavy atom. The topological polar surface area (TPSA) is 79.8 Å². The summed E-state index contributed by atoms with van der Waals surface area (Å²) in [7, 11) is 1.61. The lowest BCUT2D eigenvalue weighted by molar-refractivity contribution is -0.138. The highest BCUT2D eigenvalue weighted by atomic mass is 127. The van der Waals surface area contributed by atoms with Crippen LogP contribution in [-0.4, -0.2) is 33.9 Å². The Balaban J connectivity index is 2.37. The molecule has 6 nitrogen and oxygen atoms in total. The summed E-state index contributed by atoms with van der Waals surface area (Å²) >= 11 is 3.05. The van der Waals surface area contributed by atoms with Gasteiger partial charge in [0.2, 0.25) is 0 Å². The van der Waals surface area contributed by atoms with Crippen LogP contribution in [0.15, 0.2) is 23.2 Å². The van der Waals surface area contributed by atoms with Gasteiger partial charge in [0.25, 0.3) is 5.91 Å². The number of pyridine rings is 1. The van der Waals surface area contributed by atoms with Crippen LogP contribution < -0.4 is 10.6 Å². The van der Waals surface area contributed by atoms with Crippen LogP contribution in [0.2, 0.25) is 0 Å². The van der Waals surface area contributed by atoms with Gasteiger partial charge in [0, 0.05) is 18.1 Å². The number of halogens is 4. The van der Waals surface area contributed by atoms with E-state index in [2.05, 4.69) is 25.8 Å². The zero-order valence-electron chi connectivity index (χ0n) is 13.1. The fourth-order valence-electron chi connectivity index (χ4n) is 1.87. The van der Waals surface area contributed by atoms with Crippen molar-refractivity contribution in [1.82, 2.24) is 15.2 Å². The Bertz CT molecular complexity index is 788. The second kappa shape index (κ2) is 8.17. The van der Waals surface area contributed by atoms with Gasteiger partial charge in [-0.25, -0.2) is 4.98 Å². The molecule has 0 unspecified atom stereocenters. The maximum atomic E-state index is 12.9. The van der Waals surface area contributed by atoms with Gasteiger partial charge in [-0.05, 0) is 40.5 Å². The maximum absolute atomic E-state index is 12.9. The second-order valence-corrected chi connectivity index (χ2v) is 7.05. The van der Waals surface area contributed by atoms with E-state index in [0.717, 1.165) is 17.8 Å². The van der Waals surface area contributed by atoms with Crippen LogP contribution in [0.25, 0.3) is 0 Å².